The first-order valence-corrected chi connectivity index (χ1v) is 7.11. The number of aromatic nitrogens is 3. The highest BCUT2D eigenvalue weighted by atomic mass is 32.2. The van der Waals surface area contributed by atoms with Gasteiger partial charge in [0.15, 0.2) is 0 Å². The van der Waals surface area contributed by atoms with Crippen LogP contribution in [0.3, 0.4) is 0 Å². The Labute approximate surface area is 118 Å². The quantitative estimate of drug-likeness (QED) is 0.867. The van der Waals surface area contributed by atoms with Gasteiger partial charge >= 0.3 is 0 Å². The van der Waals surface area contributed by atoms with Gasteiger partial charge in [-0.3, -0.25) is 0 Å². The van der Waals surface area contributed by atoms with Crippen LogP contribution < -0.4 is 5.32 Å². The minimum Gasteiger partial charge on any atom is -0.373 e. The zero-order valence-corrected chi connectivity index (χ0v) is 12.5. The summed E-state index contributed by atoms with van der Waals surface area (Å²) in [5.41, 5.74) is 2.25. The van der Waals surface area contributed by atoms with Gasteiger partial charge in [0.2, 0.25) is 0 Å². The lowest BCUT2D eigenvalue weighted by Gasteiger charge is -2.07. The summed E-state index contributed by atoms with van der Waals surface area (Å²) in [5, 5.41) is 4.96. The number of nitrogens with one attached hydrogen (secondary N) is 1. The fourth-order valence-corrected chi connectivity index (χ4v) is 2.75. The van der Waals surface area contributed by atoms with E-state index in [1.807, 2.05) is 20.0 Å². The molecule has 0 aromatic carbocycles. The monoisotopic (exact) mass is 274 g/mol. The van der Waals surface area contributed by atoms with Gasteiger partial charge in [-0.1, -0.05) is 6.92 Å². The van der Waals surface area contributed by atoms with E-state index in [2.05, 4.69) is 46.2 Å². The fraction of sp³-hybridized carbons (Fsp3) is 0.357. The van der Waals surface area contributed by atoms with Crippen LogP contribution in [0.2, 0.25) is 0 Å². The summed E-state index contributed by atoms with van der Waals surface area (Å²) < 4.78 is 0. The van der Waals surface area contributed by atoms with Crippen LogP contribution in [0.5, 0.6) is 0 Å². The maximum atomic E-state index is 4.53. The highest BCUT2D eigenvalue weighted by Crippen LogP contribution is 2.27. The summed E-state index contributed by atoms with van der Waals surface area (Å²) in [5.74, 6) is 1.69. The molecule has 0 fully saturated rings. The minimum absolute atomic E-state index is 0.823. The third-order valence-electron chi connectivity index (χ3n) is 2.60. The highest BCUT2D eigenvalue weighted by molar-refractivity contribution is 7.99. The van der Waals surface area contributed by atoms with Gasteiger partial charge in [-0.05, 0) is 43.3 Å². The molecule has 0 saturated carbocycles. The van der Waals surface area contributed by atoms with Crippen molar-refractivity contribution in [1.82, 2.24) is 15.0 Å². The normalized spacial score (nSPS) is 10.5. The van der Waals surface area contributed by atoms with Crippen LogP contribution in [0.25, 0.3) is 0 Å². The minimum atomic E-state index is 0.823. The molecule has 0 spiro atoms. The highest BCUT2D eigenvalue weighted by Gasteiger charge is 2.06. The van der Waals surface area contributed by atoms with Crippen molar-refractivity contribution in [3.63, 3.8) is 0 Å². The van der Waals surface area contributed by atoms with Crippen molar-refractivity contribution in [3.8, 4) is 0 Å². The smallest absolute Gasteiger partial charge is 0.131 e. The molecule has 0 aliphatic carbocycles. The van der Waals surface area contributed by atoms with Crippen LogP contribution in [-0.2, 0) is 6.42 Å². The molecule has 0 radical (unpaired) electrons. The Morgan fingerprint density at radius 1 is 1.05 bits per heavy atom. The summed E-state index contributed by atoms with van der Waals surface area (Å²) in [6.45, 7) is 6.14. The molecule has 19 heavy (non-hydrogen) atoms. The van der Waals surface area contributed by atoms with Gasteiger partial charge in [0.05, 0.1) is 0 Å². The SMILES string of the molecule is CCc1nc(NC)cc(Sc2cc(C)cc(C)n2)n1. The number of anilines is 1. The van der Waals surface area contributed by atoms with Crippen molar-refractivity contribution in [2.45, 2.75) is 37.2 Å². The molecule has 5 heteroatoms. The van der Waals surface area contributed by atoms with E-state index < -0.39 is 0 Å². The van der Waals surface area contributed by atoms with E-state index >= 15 is 0 Å². The van der Waals surface area contributed by atoms with Gasteiger partial charge in [0.25, 0.3) is 0 Å². The second-order valence-corrected chi connectivity index (χ2v) is 5.38. The molecule has 0 aliphatic rings. The second kappa shape index (κ2) is 6.02. The number of hydrogen-bond acceptors (Lipinski definition) is 5. The Hall–Kier alpha value is -1.62. The third-order valence-corrected chi connectivity index (χ3v) is 3.44. The maximum absolute atomic E-state index is 4.53. The number of hydrogen-bond donors (Lipinski definition) is 1. The Morgan fingerprint density at radius 3 is 2.42 bits per heavy atom. The number of nitrogens with zero attached hydrogens (tertiary/aromatic N) is 3. The van der Waals surface area contributed by atoms with Crippen molar-refractivity contribution >= 4 is 17.6 Å². The average Bonchev–Trinajstić information content (AvgIpc) is 2.37. The molecule has 2 heterocycles. The molecule has 0 bridgehead atoms. The van der Waals surface area contributed by atoms with Crippen LogP contribution in [0.1, 0.15) is 24.0 Å². The fourth-order valence-electron chi connectivity index (χ4n) is 1.77. The lowest BCUT2D eigenvalue weighted by atomic mass is 10.3. The van der Waals surface area contributed by atoms with E-state index in [0.717, 1.165) is 33.8 Å². The van der Waals surface area contributed by atoms with Crippen LogP contribution in [0.4, 0.5) is 5.82 Å². The average molecular weight is 274 g/mol. The molecule has 1 N–H and O–H groups in total. The van der Waals surface area contributed by atoms with Gasteiger partial charge in [-0.2, -0.15) is 0 Å². The maximum Gasteiger partial charge on any atom is 0.131 e. The molecule has 0 unspecified atom stereocenters. The van der Waals surface area contributed by atoms with E-state index in [9.17, 15) is 0 Å². The number of rotatable bonds is 4. The van der Waals surface area contributed by atoms with Crippen LogP contribution >= 0.6 is 11.8 Å². The van der Waals surface area contributed by atoms with Gasteiger partial charge < -0.3 is 5.32 Å². The van der Waals surface area contributed by atoms with Crippen molar-refractivity contribution in [1.29, 1.82) is 0 Å². The van der Waals surface area contributed by atoms with Crippen LogP contribution in [0, 0.1) is 13.8 Å². The Kier molecular flexibility index (Phi) is 4.37. The lowest BCUT2D eigenvalue weighted by Crippen LogP contribution is -2.00. The predicted molar refractivity (Wildman–Crippen MR) is 78.8 cm³/mol. The molecule has 4 nitrogen and oxygen atoms in total. The molecular weight excluding hydrogens is 256 g/mol. The van der Waals surface area contributed by atoms with E-state index in [4.69, 9.17) is 0 Å². The molecule has 0 atom stereocenters. The standard InChI is InChI=1S/C14H18N4S/c1-5-11-17-12(15-4)8-14(18-11)19-13-7-9(2)6-10(3)16-13/h6-8H,5H2,1-4H3,(H,15,17,18). The first-order valence-electron chi connectivity index (χ1n) is 6.29. The largest absolute Gasteiger partial charge is 0.373 e. The molecular formula is C14H18N4S. The van der Waals surface area contributed by atoms with Crippen molar-refractivity contribution in [2.24, 2.45) is 0 Å². The summed E-state index contributed by atoms with van der Waals surface area (Å²) in [6, 6.07) is 6.09. The molecule has 0 saturated heterocycles. The van der Waals surface area contributed by atoms with E-state index in [1.165, 1.54) is 5.56 Å². The van der Waals surface area contributed by atoms with Crippen LogP contribution in [-0.4, -0.2) is 22.0 Å². The Morgan fingerprint density at radius 2 is 1.79 bits per heavy atom. The summed E-state index contributed by atoms with van der Waals surface area (Å²) in [7, 11) is 1.87. The second-order valence-electron chi connectivity index (χ2n) is 4.34. The zero-order chi connectivity index (χ0) is 13.8. The van der Waals surface area contributed by atoms with E-state index in [0.29, 0.717) is 0 Å². The molecule has 0 amide bonds. The Balaban J connectivity index is 2.31. The van der Waals surface area contributed by atoms with Crippen molar-refractivity contribution in [2.75, 3.05) is 12.4 Å². The summed E-state index contributed by atoms with van der Waals surface area (Å²) in [6.07, 6.45) is 0.823. The van der Waals surface area contributed by atoms with E-state index in [1.54, 1.807) is 11.8 Å². The summed E-state index contributed by atoms with van der Waals surface area (Å²) in [4.78, 5) is 13.4. The molecule has 100 valence electrons. The third kappa shape index (κ3) is 3.67. The topological polar surface area (TPSA) is 50.7 Å². The van der Waals surface area contributed by atoms with Gasteiger partial charge in [0, 0.05) is 25.2 Å². The van der Waals surface area contributed by atoms with Crippen LogP contribution in [0.15, 0.2) is 28.3 Å². The van der Waals surface area contributed by atoms with Gasteiger partial charge in [-0.15, -0.1) is 0 Å². The first-order chi connectivity index (χ1) is 9.10. The molecule has 2 rings (SSSR count). The molecule has 2 aromatic rings. The molecule has 0 aliphatic heterocycles. The summed E-state index contributed by atoms with van der Waals surface area (Å²) >= 11 is 1.57. The van der Waals surface area contributed by atoms with Gasteiger partial charge in [0.1, 0.15) is 21.7 Å². The Bertz CT molecular complexity index is 541. The zero-order valence-electron chi connectivity index (χ0n) is 11.7. The first kappa shape index (κ1) is 13.8. The van der Waals surface area contributed by atoms with Crippen molar-refractivity contribution in [3.05, 3.63) is 35.3 Å². The lowest BCUT2D eigenvalue weighted by molar-refractivity contribution is 0.889. The number of aryl methyl sites for hydroxylation is 3. The molecule has 2 aromatic heterocycles. The predicted octanol–water partition coefficient (Wildman–Crippen LogP) is 3.24. The number of pyridine rings is 1. The van der Waals surface area contributed by atoms with Crippen molar-refractivity contribution < 1.29 is 0 Å². The van der Waals surface area contributed by atoms with E-state index in [-0.39, 0.29) is 0 Å². The van der Waals surface area contributed by atoms with Gasteiger partial charge in [-0.25, -0.2) is 15.0 Å².